The van der Waals surface area contributed by atoms with E-state index in [0.717, 1.165) is 18.5 Å². The first kappa shape index (κ1) is 26.9. The standard InChI is InChI=1S/C22H24ClN6O4.ClH/c1-27-11-12-28(16-27)15-22(30)33-13-10-24-9-8-17-2-4-18(5-3-17)25-26-21-7-6-19(29(31)32)14-20(21)23;/h2-7,11-12,14,16,24H,8-10,13,15H2,1H3;1H/q+1;/p-1. The Kier molecular flexibility index (Phi) is 10.6. The molecule has 0 bridgehead atoms. The SMILES string of the molecule is C[n+]1ccn(CC(=O)OCCNCCc2ccc(N=Nc3ccc([N+](=O)[O-])cc3Cl)cc2)c1.[Cl-]. The van der Waals surface area contributed by atoms with E-state index in [-0.39, 0.29) is 35.6 Å². The Hall–Kier alpha value is -3.34. The van der Waals surface area contributed by atoms with Gasteiger partial charge in [-0.25, -0.2) is 13.9 Å². The van der Waals surface area contributed by atoms with E-state index in [2.05, 4.69) is 15.5 Å². The summed E-state index contributed by atoms with van der Waals surface area (Å²) in [7, 11) is 1.89. The second kappa shape index (κ2) is 13.4. The number of non-ortho nitro benzene ring substituents is 1. The predicted octanol–water partition coefficient (Wildman–Crippen LogP) is 0.669. The third kappa shape index (κ3) is 8.54. The lowest BCUT2D eigenvalue weighted by molar-refractivity contribution is -0.671. The summed E-state index contributed by atoms with van der Waals surface area (Å²) in [6.07, 6.45) is 6.30. The van der Waals surface area contributed by atoms with Crippen molar-refractivity contribution in [1.82, 2.24) is 9.88 Å². The molecule has 0 aliphatic rings. The van der Waals surface area contributed by atoms with E-state index in [1.165, 1.54) is 18.2 Å². The highest BCUT2D eigenvalue weighted by atomic mass is 35.5. The van der Waals surface area contributed by atoms with Crippen molar-refractivity contribution in [3.05, 3.63) is 81.9 Å². The molecule has 1 aromatic heterocycles. The molecule has 0 atom stereocenters. The van der Waals surface area contributed by atoms with Crippen LogP contribution in [-0.2, 0) is 29.5 Å². The van der Waals surface area contributed by atoms with E-state index in [1.54, 1.807) is 4.57 Å². The highest BCUT2D eigenvalue weighted by Crippen LogP contribution is 2.30. The van der Waals surface area contributed by atoms with E-state index in [4.69, 9.17) is 16.3 Å². The Morgan fingerprint density at radius 3 is 2.62 bits per heavy atom. The number of hydrogen-bond donors (Lipinski definition) is 1. The summed E-state index contributed by atoms with van der Waals surface area (Å²) >= 11 is 6.02. The average Bonchev–Trinajstić information content (AvgIpc) is 3.20. The van der Waals surface area contributed by atoms with Crippen LogP contribution < -0.4 is 22.3 Å². The first-order valence-corrected chi connectivity index (χ1v) is 10.6. The number of azo groups is 1. The van der Waals surface area contributed by atoms with E-state index >= 15 is 0 Å². The summed E-state index contributed by atoms with van der Waals surface area (Å²) in [5, 5.41) is 22.4. The number of halogens is 2. The maximum atomic E-state index is 11.8. The minimum Gasteiger partial charge on any atom is -1.00 e. The minimum absolute atomic E-state index is 0. The van der Waals surface area contributed by atoms with Crippen molar-refractivity contribution in [2.75, 3.05) is 19.7 Å². The number of hydrogen-bond acceptors (Lipinski definition) is 7. The Morgan fingerprint density at radius 1 is 1.21 bits per heavy atom. The number of benzene rings is 2. The van der Waals surface area contributed by atoms with Gasteiger partial charge in [0.15, 0.2) is 6.54 Å². The van der Waals surface area contributed by atoms with Gasteiger partial charge in [-0.2, -0.15) is 5.11 Å². The van der Waals surface area contributed by atoms with Gasteiger partial charge >= 0.3 is 5.97 Å². The number of nitrogens with zero attached hydrogens (tertiary/aromatic N) is 5. The molecule has 180 valence electrons. The van der Waals surface area contributed by atoms with Crippen molar-refractivity contribution in [1.29, 1.82) is 0 Å². The number of imidazole rings is 1. The molecular formula is C22H24Cl2N6O4. The lowest BCUT2D eigenvalue weighted by Gasteiger charge is -2.06. The highest BCUT2D eigenvalue weighted by molar-refractivity contribution is 6.33. The van der Waals surface area contributed by atoms with Gasteiger partial charge in [-0.15, -0.1) is 5.11 Å². The number of nitrogens with one attached hydrogen (secondary N) is 1. The third-order valence-corrected chi connectivity index (χ3v) is 4.92. The second-order valence-corrected chi connectivity index (χ2v) is 7.64. The third-order valence-electron chi connectivity index (χ3n) is 4.62. The van der Waals surface area contributed by atoms with Crippen molar-refractivity contribution in [2.24, 2.45) is 17.3 Å². The molecule has 1 N–H and O–H groups in total. The van der Waals surface area contributed by atoms with Crippen molar-refractivity contribution in [3.8, 4) is 0 Å². The quantitative estimate of drug-likeness (QED) is 0.102. The molecule has 1 heterocycles. The van der Waals surface area contributed by atoms with Crippen molar-refractivity contribution in [2.45, 2.75) is 13.0 Å². The topological polar surface area (TPSA) is 115 Å². The number of esters is 1. The van der Waals surface area contributed by atoms with E-state index in [1.807, 2.05) is 54.6 Å². The van der Waals surface area contributed by atoms with Crippen LogP contribution >= 0.6 is 11.6 Å². The van der Waals surface area contributed by atoms with Crippen LogP contribution in [-0.4, -0.2) is 35.2 Å². The summed E-state index contributed by atoms with van der Waals surface area (Å²) < 4.78 is 8.84. The molecule has 0 radical (unpaired) electrons. The molecule has 0 aliphatic heterocycles. The average molecular weight is 507 g/mol. The predicted molar refractivity (Wildman–Crippen MR) is 122 cm³/mol. The lowest BCUT2D eigenvalue weighted by atomic mass is 10.1. The van der Waals surface area contributed by atoms with Gasteiger partial charge in [-0.3, -0.25) is 10.1 Å². The van der Waals surface area contributed by atoms with Crippen molar-refractivity contribution in [3.63, 3.8) is 0 Å². The molecule has 0 fully saturated rings. The van der Waals surface area contributed by atoms with Gasteiger partial charge in [0.2, 0.25) is 6.33 Å². The molecule has 0 saturated heterocycles. The fraction of sp³-hybridized carbons (Fsp3) is 0.273. The van der Waals surface area contributed by atoms with Gasteiger partial charge in [-0.05, 0) is 36.7 Å². The zero-order chi connectivity index (χ0) is 23.6. The molecule has 12 heteroatoms. The van der Waals surface area contributed by atoms with Crippen molar-refractivity contribution >= 4 is 34.6 Å². The van der Waals surface area contributed by atoms with Crippen molar-refractivity contribution < 1.29 is 31.4 Å². The maximum Gasteiger partial charge on any atom is 0.348 e. The molecule has 0 saturated carbocycles. The van der Waals surface area contributed by atoms with Gasteiger partial charge < -0.3 is 22.5 Å². The fourth-order valence-electron chi connectivity index (χ4n) is 2.92. The Morgan fingerprint density at radius 2 is 1.97 bits per heavy atom. The Labute approximate surface area is 207 Å². The van der Waals surface area contributed by atoms with E-state index < -0.39 is 4.92 Å². The minimum atomic E-state index is -0.516. The van der Waals surface area contributed by atoms with Crippen LogP contribution in [0.4, 0.5) is 17.1 Å². The van der Waals surface area contributed by atoms with Gasteiger partial charge in [0, 0.05) is 18.7 Å². The van der Waals surface area contributed by atoms with Crippen LogP contribution in [0.3, 0.4) is 0 Å². The number of nitro groups is 1. The fourth-order valence-corrected chi connectivity index (χ4v) is 3.13. The van der Waals surface area contributed by atoms with Crippen LogP contribution in [0.1, 0.15) is 5.56 Å². The summed E-state index contributed by atoms with van der Waals surface area (Å²) in [4.78, 5) is 22.0. The monoisotopic (exact) mass is 506 g/mol. The molecule has 3 aromatic rings. The van der Waals surface area contributed by atoms with Gasteiger partial charge in [0.1, 0.15) is 24.7 Å². The Bertz CT molecular complexity index is 1130. The molecular weight excluding hydrogens is 483 g/mol. The summed E-state index contributed by atoms with van der Waals surface area (Å²) in [5.41, 5.74) is 2.02. The molecule has 10 nitrogen and oxygen atoms in total. The molecule has 34 heavy (non-hydrogen) atoms. The molecule has 2 aromatic carbocycles. The molecule has 0 unspecified atom stereocenters. The molecule has 0 spiro atoms. The number of aryl methyl sites for hydroxylation is 1. The maximum absolute atomic E-state index is 11.8. The number of rotatable bonds is 11. The number of nitro benzene ring substituents is 1. The number of carbonyl (C=O) groups excluding carboxylic acids is 1. The van der Waals surface area contributed by atoms with Crippen LogP contribution in [0.15, 0.2) is 71.4 Å². The van der Waals surface area contributed by atoms with Gasteiger partial charge in [-0.1, -0.05) is 23.7 Å². The van der Waals surface area contributed by atoms with Gasteiger partial charge in [0.25, 0.3) is 5.69 Å². The normalized spacial score (nSPS) is 10.8. The first-order chi connectivity index (χ1) is 15.9. The van der Waals surface area contributed by atoms with Crippen LogP contribution in [0.2, 0.25) is 5.02 Å². The zero-order valence-corrected chi connectivity index (χ0v) is 19.9. The van der Waals surface area contributed by atoms with Gasteiger partial charge in [0.05, 0.1) is 22.7 Å². The molecule has 0 aliphatic carbocycles. The molecule has 3 rings (SSSR count). The lowest BCUT2D eigenvalue weighted by Crippen LogP contribution is -3.00. The Balaban J connectivity index is 0.00000408. The number of ether oxygens (including phenoxy) is 1. The second-order valence-electron chi connectivity index (χ2n) is 7.23. The van der Waals surface area contributed by atoms with E-state index in [0.29, 0.717) is 24.5 Å². The van der Waals surface area contributed by atoms with Crippen LogP contribution in [0.25, 0.3) is 0 Å². The zero-order valence-electron chi connectivity index (χ0n) is 18.4. The molecule has 0 amide bonds. The number of carbonyl (C=O) groups is 1. The van der Waals surface area contributed by atoms with E-state index in [9.17, 15) is 14.9 Å². The van der Waals surface area contributed by atoms with Crippen LogP contribution in [0, 0.1) is 10.1 Å². The highest BCUT2D eigenvalue weighted by Gasteiger charge is 2.10. The summed E-state index contributed by atoms with van der Waals surface area (Å²) in [5.74, 6) is -0.271. The largest absolute Gasteiger partial charge is 1.00 e. The smallest absolute Gasteiger partial charge is 0.348 e. The van der Waals surface area contributed by atoms with Crippen LogP contribution in [0.5, 0.6) is 0 Å². The summed E-state index contributed by atoms with van der Waals surface area (Å²) in [6, 6.07) is 11.6. The first-order valence-electron chi connectivity index (χ1n) is 10.2. The number of aromatic nitrogens is 2. The summed E-state index contributed by atoms with van der Waals surface area (Å²) in [6.45, 7) is 1.83.